The second kappa shape index (κ2) is 6.21. The van der Waals surface area contributed by atoms with E-state index in [2.05, 4.69) is 10.4 Å². The van der Waals surface area contributed by atoms with Gasteiger partial charge in [0.2, 0.25) is 0 Å². The van der Waals surface area contributed by atoms with Crippen LogP contribution in [0.25, 0.3) is 0 Å². The number of carbonyl (C=O) groups excluding carboxylic acids is 1. The lowest BCUT2D eigenvalue weighted by atomic mass is 10.1. The summed E-state index contributed by atoms with van der Waals surface area (Å²) in [5.74, 6) is 6.17. The molecule has 1 aliphatic rings. The molecule has 0 spiro atoms. The quantitative estimate of drug-likeness (QED) is 0.656. The van der Waals surface area contributed by atoms with Gasteiger partial charge in [0.1, 0.15) is 11.5 Å². The highest BCUT2D eigenvalue weighted by Gasteiger charge is 2.22. The van der Waals surface area contributed by atoms with E-state index in [1.54, 1.807) is 24.1 Å². The van der Waals surface area contributed by atoms with Crippen molar-refractivity contribution in [2.75, 3.05) is 19.0 Å². The number of hydrogen-bond donors (Lipinski definition) is 2. The molecule has 0 saturated heterocycles. The Morgan fingerprint density at radius 2 is 2.21 bits per heavy atom. The predicted molar refractivity (Wildman–Crippen MR) is 76.0 cm³/mol. The molecule has 3 N–H and O–H groups in total. The largest absolute Gasteiger partial charge is 0.340 e. The van der Waals surface area contributed by atoms with Crippen LogP contribution in [-0.2, 0) is 0 Å². The van der Waals surface area contributed by atoms with Crippen LogP contribution in [0.1, 0.15) is 36.2 Å². The number of nitrogens with zero attached hydrogens (tertiary/aromatic N) is 2. The lowest BCUT2D eigenvalue weighted by Crippen LogP contribution is -2.32. The first-order valence-corrected chi connectivity index (χ1v) is 6.88. The van der Waals surface area contributed by atoms with Crippen molar-refractivity contribution in [1.82, 2.24) is 9.88 Å². The molecule has 104 valence electrons. The van der Waals surface area contributed by atoms with E-state index in [4.69, 9.17) is 17.4 Å². The Hall–Kier alpha value is -1.33. The fourth-order valence-electron chi connectivity index (χ4n) is 2.52. The summed E-state index contributed by atoms with van der Waals surface area (Å²) in [5, 5.41) is 0.349. The van der Waals surface area contributed by atoms with E-state index in [0.717, 1.165) is 6.54 Å². The van der Waals surface area contributed by atoms with Crippen molar-refractivity contribution in [3.05, 3.63) is 22.8 Å². The van der Waals surface area contributed by atoms with E-state index < -0.39 is 0 Å². The van der Waals surface area contributed by atoms with Gasteiger partial charge in [0, 0.05) is 13.6 Å². The number of pyridine rings is 1. The second-order valence-corrected chi connectivity index (χ2v) is 5.41. The number of carbonyl (C=O) groups is 1. The Kier molecular flexibility index (Phi) is 4.61. The monoisotopic (exact) mass is 282 g/mol. The molecule has 0 aliphatic heterocycles. The molecule has 19 heavy (non-hydrogen) atoms. The van der Waals surface area contributed by atoms with Gasteiger partial charge in [-0.2, -0.15) is 0 Å². The van der Waals surface area contributed by atoms with Crippen molar-refractivity contribution in [1.29, 1.82) is 0 Å². The number of hydrazine groups is 1. The van der Waals surface area contributed by atoms with Crippen molar-refractivity contribution < 1.29 is 4.79 Å². The Morgan fingerprint density at radius 1 is 1.53 bits per heavy atom. The first-order chi connectivity index (χ1) is 9.11. The Bertz CT molecular complexity index is 460. The van der Waals surface area contributed by atoms with Gasteiger partial charge in [0.05, 0.1) is 5.02 Å². The molecule has 6 heteroatoms. The number of aromatic nitrogens is 1. The molecule has 0 aromatic carbocycles. The van der Waals surface area contributed by atoms with Crippen molar-refractivity contribution in [3.8, 4) is 0 Å². The van der Waals surface area contributed by atoms with Crippen LogP contribution in [0, 0.1) is 5.92 Å². The third-order valence-corrected chi connectivity index (χ3v) is 3.85. The van der Waals surface area contributed by atoms with Crippen molar-refractivity contribution in [2.45, 2.75) is 25.7 Å². The van der Waals surface area contributed by atoms with Gasteiger partial charge in [0.15, 0.2) is 0 Å². The number of anilines is 1. The van der Waals surface area contributed by atoms with E-state index in [-0.39, 0.29) is 11.6 Å². The molecular weight excluding hydrogens is 264 g/mol. The molecular formula is C13H19ClN4O. The van der Waals surface area contributed by atoms with Crippen LogP contribution in [0.2, 0.25) is 5.02 Å². The number of nitrogens with two attached hydrogens (primary N) is 1. The Morgan fingerprint density at radius 3 is 2.84 bits per heavy atom. The van der Waals surface area contributed by atoms with E-state index in [1.165, 1.54) is 25.7 Å². The minimum absolute atomic E-state index is 0.158. The van der Waals surface area contributed by atoms with Gasteiger partial charge in [-0.25, -0.2) is 10.8 Å². The van der Waals surface area contributed by atoms with Gasteiger partial charge < -0.3 is 10.3 Å². The van der Waals surface area contributed by atoms with E-state index in [9.17, 15) is 4.79 Å². The number of hydrogen-bond acceptors (Lipinski definition) is 4. The molecule has 0 unspecified atom stereocenters. The summed E-state index contributed by atoms with van der Waals surface area (Å²) >= 11 is 6.03. The van der Waals surface area contributed by atoms with Crippen LogP contribution in [0.15, 0.2) is 12.1 Å². The number of rotatable bonds is 4. The van der Waals surface area contributed by atoms with Crippen LogP contribution in [0.5, 0.6) is 0 Å². The minimum Gasteiger partial charge on any atom is -0.340 e. The van der Waals surface area contributed by atoms with Crippen LogP contribution < -0.4 is 11.3 Å². The summed E-state index contributed by atoms with van der Waals surface area (Å²) in [6.07, 6.45) is 4.92. The summed E-state index contributed by atoms with van der Waals surface area (Å²) in [7, 11) is 1.79. The maximum Gasteiger partial charge on any atom is 0.273 e. The maximum absolute atomic E-state index is 12.3. The second-order valence-electron chi connectivity index (χ2n) is 5.01. The van der Waals surface area contributed by atoms with Crippen molar-refractivity contribution in [3.63, 3.8) is 0 Å². The van der Waals surface area contributed by atoms with Crippen LogP contribution in [0.3, 0.4) is 0 Å². The number of nitrogen functional groups attached to an aromatic ring is 1. The maximum atomic E-state index is 12.3. The first kappa shape index (κ1) is 14.1. The Balaban J connectivity index is 2.09. The SMILES string of the molecule is CN(CC1CCCC1)C(=O)c1nc(NN)ccc1Cl. The van der Waals surface area contributed by atoms with E-state index >= 15 is 0 Å². The van der Waals surface area contributed by atoms with Gasteiger partial charge in [0.25, 0.3) is 5.91 Å². The topological polar surface area (TPSA) is 71.2 Å². The molecule has 1 aromatic heterocycles. The average molecular weight is 283 g/mol. The summed E-state index contributed by atoms with van der Waals surface area (Å²) < 4.78 is 0. The van der Waals surface area contributed by atoms with Crippen LogP contribution in [0.4, 0.5) is 5.82 Å². The van der Waals surface area contributed by atoms with Crippen molar-refractivity contribution in [2.24, 2.45) is 11.8 Å². The number of amides is 1. The lowest BCUT2D eigenvalue weighted by molar-refractivity contribution is 0.0768. The van der Waals surface area contributed by atoms with Crippen LogP contribution >= 0.6 is 11.6 Å². The highest BCUT2D eigenvalue weighted by atomic mass is 35.5. The standard InChI is InChI=1S/C13H19ClN4O/c1-18(8-9-4-2-3-5-9)13(19)12-10(14)6-7-11(16-12)17-15/h6-7,9H,2-5,8,15H2,1H3,(H,16,17). The Labute approximate surface area is 118 Å². The van der Waals surface area contributed by atoms with Crippen LogP contribution in [-0.4, -0.2) is 29.4 Å². The zero-order chi connectivity index (χ0) is 13.8. The van der Waals surface area contributed by atoms with Crippen molar-refractivity contribution >= 4 is 23.3 Å². The molecule has 1 aromatic rings. The fourth-order valence-corrected chi connectivity index (χ4v) is 2.70. The zero-order valence-electron chi connectivity index (χ0n) is 11.0. The van der Waals surface area contributed by atoms with Gasteiger partial charge in [-0.3, -0.25) is 4.79 Å². The van der Waals surface area contributed by atoms with Gasteiger partial charge in [-0.1, -0.05) is 24.4 Å². The van der Waals surface area contributed by atoms with Gasteiger partial charge in [-0.15, -0.1) is 0 Å². The number of nitrogens with one attached hydrogen (secondary N) is 1. The van der Waals surface area contributed by atoms with Gasteiger partial charge in [-0.05, 0) is 30.9 Å². The molecule has 1 amide bonds. The normalized spacial score (nSPS) is 15.5. The zero-order valence-corrected chi connectivity index (χ0v) is 11.8. The fraction of sp³-hybridized carbons (Fsp3) is 0.538. The molecule has 5 nitrogen and oxygen atoms in total. The predicted octanol–water partition coefficient (Wildman–Crippen LogP) is 2.28. The molecule has 2 rings (SSSR count). The highest BCUT2D eigenvalue weighted by Crippen LogP contribution is 2.26. The third-order valence-electron chi connectivity index (χ3n) is 3.55. The smallest absolute Gasteiger partial charge is 0.273 e. The molecule has 0 bridgehead atoms. The molecule has 1 saturated carbocycles. The molecule has 0 atom stereocenters. The summed E-state index contributed by atoms with van der Waals surface area (Å²) in [4.78, 5) is 18.2. The summed E-state index contributed by atoms with van der Waals surface area (Å²) in [6, 6.07) is 3.26. The summed E-state index contributed by atoms with van der Waals surface area (Å²) in [5.41, 5.74) is 2.67. The van der Waals surface area contributed by atoms with E-state index in [0.29, 0.717) is 16.8 Å². The minimum atomic E-state index is -0.158. The molecule has 1 fully saturated rings. The first-order valence-electron chi connectivity index (χ1n) is 6.50. The lowest BCUT2D eigenvalue weighted by Gasteiger charge is -2.21. The molecule has 1 heterocycles. The highest BCUT2D eigenvalue weighted by molar-refractivity contribution is 6.33. The summed E-state index contributed by atoms with van der Waals surface area (Å²) in [6.45, 7) is 0.761. The molecule has 0 radical (unpaired) electrons. The average Bonchev–Trinajstić information content (AvgIpc) is 2.91. The third kappa shape index (κ3) is 3.36. The van der Waals surface area contributed by atoms with E-state index in [1.807, 2.05) is 0 Å². The number of halogens is 1. The molecule has 1 aliphatic carbocycles. The van der Waals surface area contributed by atoms with Gasteiger partial charge >= 0.3 is 0 Å².